The van der Waals surface area contributed by atoms with Gasteiger partial charge in [0.1, 0.15) is 0 Å². The highest BCUT2D eigenvalue weighted by Gasteiger charge is 2.28. The quantitative estimate of drug-likeness (QED) is 0.308. The second kappa shape index (κ2) is 8.53. The standard InChI is InChI=1S/C31H29P/c1-31(2,3)24-19-21-29(28-20-18-23-12-10-11-17-27(23)28)30(22-24)32(25-13-6-4-7-14-25)26-15-8-5-9-16-26/h4-22,28H,1-3H3. The van der Waals surface area contributed by atoms with Crippen molar-refractivity contribution in [2.75, 3.05) is 0 Å². The van der Waals surface area contributed by atoms with E-state index < -0.39 is 7.92 Å². The largest absolute Gasteiger partial charge is 0.0720 e. The molecule has 1 heteroatoms. The van der Waals surface area contributed by atoms with Crippen LogP contribution in [-0.4, -0.2) is 0 Å². The first-order valence-corrected chi connectivity index (χ1v) is 12.7. The van der Waals surface area contributed by atoms with Gasteiger partial charge in [-0.05, 0) is 57.6 Å². The third kappa shape index (κ3) is 3.96. The minimum absolute atomic E-state index is 0.102. The molecular formula is C31H29P. The van der Waals surface area contributed by atoms with Crippen LogP contribution in [0.1, 0.15) is 48.9 Å². The zero-order chi connectivity index (χ0) is 22.1. The Labute approximate surface area is 193 Å². The Morgan fingerprint density at radius 2 is 1.22 bits per heavy atom. The Hall–Kier alpha value is -2.95. The van der Waals surface area contributed by atoms with Gasteiger partial charge in [0.25, 0.3) is 0 Å². The van der Waals surface area contributed by atoms with Crippen molar-refractivity contribution in [1.29, 1.82) is 0 Å². The lowest BCUT2D eigenvalue weighted by atomic mass is 9.84. The third-order valence-electron chi connectivity index (χ3n) is 6.30. The minimum Gasteiger partial charge on any atom is -0.0720 e. The van der Waals surface area contributed by atoms with Crippen LogP contribution in [0.15, 0.2) is 109 Å². The normalized spacial score (nSPS) is 15.2. The van der Waals surface area contributed by atoms with E-state index in [1.807, 2.05) is 0 Å². The number of allylic oxidation sites excluding steroid dienone is 1. The molecular weight excluding hydrogens is 403 g/mol. The molecule has 1 atom stereocenters. The number of benzene rings is 4. The van der Waals surface area contributed by atoms with Crippen molar-refractivity contribution in [2.24, 2.45) is 0 Å². The van der Waals surface area contributed by atoms with Crippen LogP contribution in [0.25, 0.3) is 6.08 Å². The molecule has 0 nitrogen and oxygen atoms in total. The number of rotatable bonds is 4. The molecule has 1 unspecified atom stereocenters. The van der Waals surface area contributed by atoms with Crippen LogP contribution in [-0.2, 0) is 5.41 Å². The minimum atomic E-state index is -0.669. The van der Waals surface area contributed by atoms with Crippen LogP contribution < -0.4 is 15.9 Å². The molecule has 0 aromatic heterocycles. The molecule has 0 saturated heterocycles. The monoisotopic (exact) mass is 432 g/mol. The van der Waals surface area contributed by atoms with Crippen LogP contribution in [0.5, 0.6) is 0 Å². The second-order valence-corrected chi connectivity index (χ2v) is 11.7. The number of fused-ring (bicyclic) bond motifs is 1. The van der Waals surface area contributed by atoms with Crippen molar-refractivity contribution in [1.82, 2.24) is 0 Å². The average molecular weight is 433 g/mol. The molecule has 0 radical (unpaired) electrons. The Bertz CT molecular complexity index is 1210. The van der Waals surface area contributed by atoms with Crippen molar-refractivity contribution in [3.63, 3.8) is 0 Å². The maximum absolute atomic E-state index is 2.50. The summed E-state index contributed by atoms with van der Waals surface area (Å²) in [5.41, 5.74) is 5.68. The van der Waals surface area contributed by atoms with Crippen LogP contribution in [0.3, 0.4) is 0 Å². The lowest BCUT2D eigenvalue weighted by Crippen LogP contribution is -2.26. The van der Waals surface area contributed by atoms with E-state index in [9.17, 15) is 0 Å². The summed E-state index contributed by atoms with van der Waals surface area (Å²) in [5.74, 6) is 0.299. The van der Waals surface area contributed by atoms with Crippen molar-refractivity contribution in [2.45, 2.75) is 32.1 Å². The molecule has 1 aliphatic carbocycles. The predicted molar refractivity (Wildman–Crippen MR) is 141 cm³/mol. The fraction of sp³-hybridized carbons (Fsp3) is 0.161. The number of hydrogen-bond donors (Lipinski definition) is 0. The van der Waals surface area contributed by atoms with Crippen LogP contribution >= 0.6 is 7.92 Å². The van der Waals surface area contributed by atoms with Crippen molar-refractivity contribution < 1.29 is 0 Å². The van der Waals surface area contributed by atoms with Gasteiger partial charge in [-0.1, -0.05) is 130 Å². The third-order valence-corrected chi connectivity index (χ3v) is 8.80. The van der Waals surface area contributed by atoms with Crippen molar-refractivity contribution >= 4 is 29.9 Å². The average Bonchev–Trinajstić information content (AvgIpc) is 3.24. The van der Waals surface area contributed by atoms with E-state index in [1.54, 1.807) is 0 Å². The zero-order valence-corrected chi connectivity index (χ0v) is 19.9. The van der Waals surface area contributed by atoms with Gasteiger partial charge in [-0.2, -0.15) is 0 Å². The van der Waals surface area contributed by atoms with Crippen LogP contribution in [0.2, 0.25) is 0 Å². The van der Waals surface area contributed by atoms with Crippen LogP contribution in [0.4, 0.5) is 0 Å². The van der Waals surface area contributed by atoms with Gasteiger partial charge in [-0.25, -0.2) is 0 Å². The highest BCUT2D eigenvalue weighted by molar-refractivity contribution is 7.79. The molecule has 1 aliphatic rings. The first-order chi connectivity index (χ1) is 15.5. The summed E-state index contributed by atoms with van der Waals surface area (Å²) in [4.78, 5) is 0. The summed E-state index contributed by atoms with van der Waals surface area (Å²) < 4.78 is 0. The summed E-state index contributed by atoms with van der Waals surface area (Å²) >= 11 is 0. The smallest absolute Gasteiger partial charge is 0.0285 e. The molecule has 0 heterocycles. The molecule has 0 spiro atoms. The molecule has 0 amide bonds. The van der Waals surface area contributed by atoms with E-state index in [-0.39, 0.29) is 5.41 Å². The molecule has 0 saturated carbocycles. The van der Waals surface area contributed by atoms with E-state index in [4.69, 9.17) is 0 Å². The van der Waals surface area contributed by atoms with Gasteiger partial charge in [0, 0.05) is 5.92 Å². The number of hydrogen-bond acceptors (Lipinski definition) is 0. The summed E-state index contributed by atoms with van der Waals surface area (Å²) in [7, 11) is -0.669. The van der Waals surface area contributed by atoms with Gasteiger partial charge < -0.3 is 0 Å². The summed E-state index contributed by atoms with van der Waals surface area (Å²) in [5, 5.41) is 4.27. The van der Waals surface area contributed by atoms with E-state index in [0.717, 1.165) is 0 Å². The Morgan fingerprint density at radius 1 is 0.625 bits per heavy atom. The highest BCUT2D eigenvalue weighted by atomic mass is 31.1. The molecule has 4 aromatic carbocycles. The van der Waals surface area contributed by atoms with Crippen LogP contribution in [0, 0.1) is 0 Å². The van der Waals surface area contributed by atoms with Gasteiger partial charge >= 0.3 is 0 Å². The van der Waals surface area contributed by atoms with Crippen molar-refractivity contribution in [3.05, 3.63) is 131 Å². The Balaban J connectivity index is 1.76. The first-order valence-electron chi connectivity index (χ1n) is 11.3. The molecule has 0 bridgehead atoms. The molecule has 0 aliphatic heterocycles. The highest BCUT2D eigenvalue weighted by Crippen LogP contribution is 2.42. The Morgan fingerprint density at radius 3 is 1.84 bits per heavy atom. The van der Waals surface area contributed by atoms with E-state index in [1.165, 1.54) is 38.2 Å². The van der Waals surface area contributed by atoms with E-state index >= 15 is 0 Å². The summed E-state index contributed by atoms with van der Waals surface area (Å²) in [6.07, 6.45) is 4.67. The lowest BCUT2D eigenvalue weighted by molar-refractivity contribution is 0.590. The second-order valence-electron chi connectivity index (χ2n) is 9.50. The SMILES string of the molecule is CC(C)(C)c1ccc(C2C=Cc3ccccc32)c(P(c2ccccc2)c2ccccc2)c1. The Kier molecular flexibility index (Phi) is 5.58. The predicted octanol–water partition coefficient (Wildman–Crippen LogP) is 6.90. The summed E-state index contributed by atoms with van der Waals surface area (Å²) in [6.45, 7) is 6.93. The van der Waals surface area contributed by atoms with Gasteiger partial charge in [-0.15, -0.1) is 0 Å². The van der Waals surface area contributed by atoms with Gasteiger partial charge in [-0.3, -0.25) is 0 Å². The molecule has 32 heavy (non-hydrogen) atoms. The van der Waals surface area contributed by atoms with Gasteiger partial charge in [0.2, 0.25) is 0 Å². The van der Waals surface area contributed by atoms with E-state index in [2.05, 4.69) is 136 Å². The van der Waals surface area contributed by atoms with Gasteiger partial charge in [0.15, 0.2) is 0 Å². The molecule has 5 rings (SSSR count). The van der Waals surface area contributed by atoms with Crippen molar-refractivity contribution in [3.8, 4) is 0 Å². The lowest BCUT2D eigenvalue weighted by Gasteiger charge is -2.28. The maximum Gasteiger partial charge on any atom is 0.0285 e. The van der Waals surface area contributed by atoms with E-state index in [0.29, 0.717) is 5.92 Å². The first kappa shape index (κ1) is 20.9. The van der Waals surface area contributed by atoms with Gasteiger partial charge in [0.05, 0.1) is 0 Å². The molecule has 4 aromatic rings. The fourth-order valence-electron chi connectivity index (χ4n) is 4.57. The molecule has 158 valence electrons. The molecule has 0 N–H and O–H groups in total. The fourth-order valence-corrected chi connectivity index (χ4v) is 7.10. The topological polar surface area (TPSA) is 0 Å². The zero-order valence-electron chi connectivity index (χ0n) is 19.0. The molecule has 0 fully saturated rings. The maximum atomic E-state index is 2.50. The summed E-state index contributed by atoms with van der Waals surface area (Å²) in [6, 6.07) is 38.2.